The lowest BCUT2D eigenvalue weighted by molar-refractivity contribution is 0.772. The van der Waals surface area contributed by atoms with Gasteiger partial charge in [-0.25, -0.2) is 0 Å². The van der Waals surface area contributed by atoms with E-state index in [0.717, 1.165) is 0 Å². The van der Waals surface area contributed by atoms with Crippen LogP contribution in [0.2, 0.25) is 0 Å². The summed E-state index contributed by atoms with van der Waals surface area (Å²) in [6, 6.07) is 0. The minimum absolute atomic E-state index is 0. The van der Waals surface area contributed by atoms with Crippen molar-refractivity contribution in [3.05, 3.63) is 0 Å². The van der Waals surface area contributed by atoms with Gasteiger partial charge < -0.3 is 0 Å². The molecule has 0 bridgehead atoms. The van der Waals surface area contributed by atoms with Crippen LogP contribution in [-0.2, 0) is 0 Å². The molecule has 0 atom stereocenters. The Hall–Kier alpha value is 0.217. The van der Waals surface area contributed by atoms with Gasteiger partial charge in [0, 0.05) is 11.0 Å². The summed E-state index contributed by atoms with van der Waals surface area (Å²) in [6.07, 6.45) is 4.08. The molecule has 0 spiro atoms. The average Bonchev–Trinajstić information content (AvgIpc) is 1.41. The van der Waals surface area contributed by atoms with Crippen LogP contribution in [0, 0.1) is 0 Å². The zero-order valence-corrected chi connectivity index (χ0v) is 5.62. The van der Waals surface area contributed by atoms with E-state index < -0.39 is 0 Å². The van der Waals surface area contributed by atoms with Crippen LogP contribution in [0.15, 0.2) is 0 Å². The smallest absolute Gasteiger partial charge is 0 e. The predicted octanol–water partition coefficient (Wildman–Crippen LogP) is 1.82. The van der Waals surface area contributed by atoms with Gasteiger partial charge in [0.05, 0.1) is 0 Å². The normalized spacial score (nSPS) is 7.00. The van der Waals surface area contributed by atoms with Gasteiger partial charge in [0.1, 0.15) is 0 Å². The van der Waals surface area contributed by atoms with E-state index in [1.54, 1.807) is 0 Å². The zero-order chi connectivity index (χ0) is 4.12. The second-order valence-corrected chi connectivity index (χ2v) is 1.35. The van der Waals surface area contributed by atoms with Crippen molar-refractivity contribution < 1.29 is 0 Å². The molecule has 0 aliphatic rings. The van der Waals surface area contributed by atoms with Crippen molar-refractivity contribution in [1.82, 2.24) is 0 Å². The largest absolute Gasteiger partial charge is 0.0654 e. The molecular formula is C5H12Si. The Balaban J connectivity index is 0. The highest BCUT2D eigenvalue weighted by Crippen LogP contribution is 1.88. The average molecular weight is 100 g/mol. The van der Waals surface area contributed by atoms with Gasteiger partial charge in [0.2, 0.25) is 0 Å². The summed E-state index contributed by atoms with van der Waals surface area (Å²) in [6.45, 7) is 4.42. The molecule has 0 heterocycles. The molecule has 0 unspecified atom stereocenters. The van der Waals surface area contributed by atoms with Crippen LogP contribution in [0.3, 0.4) is 0 Å². The molecule has 0 N–H and O–H groups in total. The van der Waals surface area contributed by atoms with Crippen molar-refractivity contribution in [3.8, 4) is 0 Å². The molecule has 0 aromatic carbocycles. The summed E-state index contributed by atoms with van der Waals surface area (Å²) in [5, 5.41) is 0. The number of rotatable bonds is 2. The van der Waals surface area contributed by atoms with Crippen LogP contribution >= 0.6 is 0 Å². The van der Waals surface area contributed by atoms with Gasteiger partial charge >= 0.3 is 0 Å². The SMILES string of the molecule is CCCCC.[Si]. The Morgan fingerprint density at radius 3 is 1.33 bits per heavy atom. The summed E-state index contributed by atoms with van der Waals surface area (Å²) in [5.41, 5.74) is 0. The van der Waals surface area contributed by atoms with Crippen LogP contribution in [0.5, 0.6) is 0 Å². The minimum atomic E-state index is 0. The lowest BCUT2D eigenvalue weighted by Gasteiger charge is -1.79. The molecule has 1 heteroatoms. The zero-order valence-electron chi connectivity index (χ0n) is 4.62. The van der Waals surface area contributed by atoms with E-state index in [4.69, 9.17) is 0 Å². The van der Waals surface area contributed by atoms with E-state index >= 15 is 0 Å². The van der Waals surface area contributed by atoms with Crippen LogP contribution in [0.4, 0.5) is 0 Å². The first-order chi connectivity index (χ1) is 2.41. The third kappa shape index (κ3) is 8.88. The van der Waals surface area contributed by atoms with E-state index in [1.165, 1.54) is 19.3 Å². The predicted molar refractivity (Wildman–Crippen MR) is 31.0 cm³/mol. The molecular weight excluding hydrogens is 88.1 g/mol. The fraction of sp³-hybridized carbons (Fsp3) is 1.00. The lowest BCUT2D eigenvalue weighted by atomic mass is 10.3. The standard InChI is InChI=1S/C5H12.Si/c1-3-5-4-2;/h3-5H2,1-2H3;. The Morgan fingerprint density at radius 1 is 1.00 bits per heavy atom. The van der Waals surface area contributed by atoms with Gasteiger partial charge in [-0.05, 0) is 0 Å². The van der Waals surface area contributed by atoms with Crippen molar-refractivity contribution in [1.29, 1.82) is 0 Å². The van der Waals surface area contributed by atoms with Gasteiger partial charge in [0.25, 0.3) is 0 Å². The van der Waals surface area contributed by atoms with Crippen molar-refractivity contribution >= 4 is 11.0 Å². The molecule has 0 aromatic rings. The second-order valence-electron chi connectivity index (χ2n) is 1.35. The number of hydrogen-bond donors (Lipinski definition) is 0. The van der Waals surface area contributed by atoms with Crippen molar-refractivity contribution in [2.75, 3.05) is 0 Å². The molecule has 0 aliphatic carbocycles. The highest BCUT2D eigenvalue weighted by molar-refractivity contribution is 5.75. The van der Waals surface area contributed by atoms with E-state index in [1.807, 2.05) is 0 Å². The molecule has 0 fully saturated rings. The van der Waals surface area contributed by atoms with Crippen LogP contribution in [-0.4, -0.2) is 11.0 Å². The summed E-state index contributed by atoms with van der Waals surface area (Å²) in [7, 11) is 0. The monoisotopic (exact) mass is 100 g/mol. The Labute approximate surface area is 45.0 Å². The molecule has 0 saturated carbocycles. The van der Waals surface area contributed by atoms with E-state index in [0.29, 0.717) is 0 Å². The molecule has 4 radical (unpaired) electrons. The molecule has 0 saturated heterocycles. The maximum atomic E-state index is 2.21. The van der Waals surface area contributed by atoms with Crippen molar-refractivity contribution in [2.24, 2.45) is 0 Å². The van der Waals surface area contributed by atoms with Gasteiger partial charge in [0.15, 0.2) is 0 Å². The molecule has 0 rings (SSSR count). The Morgan fingerprint density at radius 2 is 1.33 bits per heavy atom. The second kappa shape index (κ2) is 8.96. The molecule has 36 valence electrons. The first kappa shape index (κ1) is 9.52. The van der Waals surface area contributed by atoms with E-state index in [-0.39, 0.29) is 11.0 Å². The third-order valence-corrected chi connectivity index (χ3v) is 0.707. The Bertz CT molecular complexity index is 11.4. The summed E-state index contributed by atoms with van der Waals surface area (Å²) in [5.74, 6) is 0. The van der Waals surface area contributed by atoms with Gasteiger partial charge in [-0.2, -0.15) is 0 Å². The quantitative estimate of drug-likeness (QED) is 0.464. The maximum absolute atomic E-state index is 2.21. The van der Waals surface area contributed by atoms with Gasteiger partial charge in [-0.3, -0.25) is 0 Å². The van der Waals surface area contributed by atoms with Crippen LogP contribution in [0.1, 0.15) is 33.1 Å². The Kier molecular flexibility index (Phi) is 14.2. The van der Waals surface area contributed by atoms with E-state index in [2.05, 4.69) is 13.8 Å². The van der Waals surface area contributed by atoms with Crippen molar-refractivity contribution in [2.45, 2.75) is 33.1 Å². The minimum Gasteiger partial charge on any atom is -0.0654 e. The third-order valence-electron chi connectivity index (χ3n) is 0.707. The first-order valence-electron chi connectivity index (χ1n) is 2.41. The molecule has 6 heavy (non-hydrogen) atoms. The van der Waals surface area contributed by atoms with Gasteiger partial charge in [-0.1, -0.05) is 33.1 Å². The summed E-state index contributed by atoms with van der Waals surface area (Å²) < 4.78 is 0. The fourth-order valence-corrected chi connectivity index (χ4v) is 0.354. The van der Waals surface area contributed by atoms with Gasteiger partial charge in [-0.15, -0.1) is 0 Å². The lowest BCUT2D eigenvalue weighted by Crippen LogP contribution is -1.59. The first-order valence-corrected chi connectivity index (χ1v) is 2.41. The molecule has 0 aromatic heterocycles. The highest BCUT2D eigenvalue weighted by atomic mass is 28.1. The van der Waals surface area contributed by atoms with E-state index in [9.17, 15) is 0 Å². The molecule has 0 nitrogen and oxygen atoms in total. The topological polar surface area (TPSA) is 0 Å². The molecule has 0 amide bonds. The number of unbranched alkanes of at least 4 members (excludes halogenated alkanes) is 2. The molecule has 0 aliphatic heterocycles. The maximum Gasteiger partial charge on any atom is 0 e. The summed E-state index contributed by atoms with van der Waals surface area (Å²) >= 11 is 0. The highest BCUT2D eigenvalue weighted by Gasteiger charge is 1.68. The summed E-state index contributed by atoms with van der Waals surface area (Å²) in [4.78, 5) is 0. The van der Waals surface area contributed by atoms with Crippen molar-refractivity contribution in [3.63, 3.8) is 0 Å². The van der Waals surface area contributed by atoms with Crippen LogP contribution < -0.4 is 0 Å². The number of hydrogen-bond acceptors (Lipinski definition) is 0. The fourth-order valence-electron chi connectivity index (χ4n) is 0.354. The van der Waals surface area contributed by atoms with Crippen LogP contribution in [0.25, 0.3) is 0 Å².